The summed E-state index contributed by atoms with van der Waals surface area (Å²) >= 11 is 0. The van der Waals surface area contributed by atoms with E-state index in [0.717, 1.165) is 0 Å². The van der Waals surface area contributed by atoms with Gasteiger partial charge in [0.2, 0.25) is 0 Å². The van der Waals surface area contributed by atoms with Crippen LogP contribution < -0.4 is 0 Å². The molecule has 0 atom stereocenters. The molecule has 2 aliphatic carbocycles. The molecule has 15 heavy (non-hydrogen) atoms. The maximum absolute atomic E-state index is 12.0. The van der Waals surface area contributed by atoms with Crippen molar-refractivity contribution in [3.05, 3.63) is 0 Å². The highest BCUT2D eigenvalue weighted by Gasteiger charge is 2.61. The molecule has 86 valence electrons. The van der Waals surface area contributed by atoms with Gasteiger partial charge in [0.15, 0.2) is 9.84 Å². The van der Waals surface area contributed by atoms with Crippen LogP contribution in [0, 0.1) is 10.8 Å². The van der Waals surface area contributed by atoms with Gasteiger partial charge in [-0.1, -0.05) is 25.7 Å². The Morgan fingerprint density at radius 3 is 1.33 bits per heavy atom. The summed E-state index contributed by atoms with van der Waals surface area (Å²) in [5, 5.41) is 0. The van der Waals surface area contributed by atoms with E-state index >= 15 is 0 Å². The van der Waals surface area contributed by atoms with Crippen LogP contribution in [-0.2, 0) is 9.84 Å². The van der Waals surface area contributed by atoms with E-state index in [4.69, 9.17) is 0 Å². The first kappa shape index (κ1) is 10.1. The molecule has 0 unspecified atom stereocenters. The summed E-state index contributed by atoms with van der Waals surface area (Å²) in [4.78, 5) is 0. The molecule has 0 bridgehead atoms. The van der Waals surface area contributed by atoms with Crippen molar-refractivity contribution >= 4 is 9.84 Å². The fraction of sp³-hybridized carbons (Fsp3) is 1.00. The molecule has 0 aromatic rings. The molecule has 0 N–H and O–H groups in total. The van der Waals surface area contributed by atoms with Gasteiger partial charge >= 0.3 is 0 Å². The van der Waals surface area contributed by atoms with Crippen LogP contribution >= 0.6 is 0 Å². The lowest BCUT2D eigenvalue weighted by Crippen LogP contribution is -2.45. The van der Waals surface area contributed by atoms with Gasteiger partial charge in [0.05, 0.1) is 11.5 Å². The number of sulfone groups is 1. The minimum Gasteiger partial charge on any atom is -0.229 e. The average molecular weight is 228 g/mol. The quantitative estimate of drug-likeness (QED) is 0.638. The molecule has 3 fully saturated rings. The largest absolute Gasteiger partial charge is 0.229 e. The third-order valence-corrected chi connectivity index (χ3v) is 7.22. The smallest absolute Gasteiger partial charge is 0.151 e. The molecular formula is C12H20O2S. The van der Waals surface area contributed by atoms with E-state index in [-0.39, 0.29) is 10.8 Å². The molecule has 1 aliphatic heterocycles. The summed E-state index contributed by atoms with van der Waals surface area (Å²) in [6.07, 6.45) is 9.79. The van der Waals surface area contributed by atoms with Crippen LogP contribution in [0.2, 0.25) is 0 Å². The fourth-order valence-corrected chi connectivity index (χ4v) is 7.63. The average Bonchev–Trinajstić information content (AvgIpc) is 2.42. The normalized spacial score (nSPS) is 48.3. The summed E-state index contributed by atoms with van der Waals surface area (Å²) in [5.74, 6) is 1.03. The number of hydrogen-bond donors (Lipinski definition) is 0. The van der Waals surface area contributed by atoms with Crippen molar-refractivity contribution in [1.29, 1.82) is 0 Å². The molecule has 1 heterocycles. The first-order valence-corrected chi connectivity index (χ1v) is 8.10. The van der Waals surface area contributed by atoms with Crippen molar-refractivity contribution in [3.63, 3.8) is 0 Å². The minimum atomic E-state index is -2.73. The second kappa shape index (κ2) is 2.99. The number of rotatable bonds is 0. The summed E-state index contributed by atoms with van der Waals surface area (Å²) in [6, 6.07) is 0. The Hall–Kier alpha value is -0.0500. The molecule has 3 rings (SSSR count). The van der Waals surface area contributed by atoms with Crippen molar-refractivity contribution in [1.82, 2.24) is 0 Å². The Balaban J connectivity index is 2.07. The van der Waals surface area contributed by atoms with Gasteiger partial charge in [-0.15, -0.1) is 0 Å². The third-order valence-electron chi connectivity index (χ3n) is 5.24. The van der Waals surface area contributed by atoms with Crippen molar-refractivity contribution < 1.29 is 8.42 Å². The molecule has 0 aromatic carbocycles. The molecular weight excluding hydrogens is 208 g/mol. The van der Waals surface area contributed by atoms with Crippen molar-refractivity contribution in [2.24, 2.45) is 10.8 Å². The van der Waals surface area contributed by atoms with E-state index in [9.17, 15) is 8.42 Å². The van der Waals surface area contributed by atoms with Crippen LogP contribution in [0.4, 0.5) is 0 Å². The highest BCUT2D eigenvalue weighted by atomic mass is 32.2. The maximum Gasteiger partial charge on any atom is 0.151 e. The zero-order valence-corrected chi connectivity index (χ0v) is 10.1. The standard InChI is InChI=1S/C12H20O2S/c13-15(14)9-11-5-1-2-6-12(11,10-15)8-4-3-7-11/h1-10H2. The Labute approximate surface area is 92.4 Å². The van der Waals surface area contributed by atoms with E-state index in [1.807, 2.05) is 0 Å². The highest BCUT2D eigenvalue weighted by molar-refractivity contribution is 7.91. The Kier molecular flexibility index (Phi) is 2.02. The molecule has 0 spiro atoms. The summed E-state index contributed by atoms with van der Waals surface area (Å²) in [6.45, 7) is 0. The Bertz CT molecular complexity index is 327. The van der Waals surface area contributed by atoms with Crippen molar-refractivity contribution in [3.8, 4) is 0 Å². The third kappa shape index (κ3) is 1.31. The van der Waals surface area contributed by atoms with E-state index in [1.165, 1.54) is 51.4 Å². The lowest BCUT2D eigenvalue weighted by Gasteiger charge is -2.52. The van der Waals surface area contributed by atoms with Crippen LogP contribution in [0.5, 0.6) is 0 Å². The van der Waals surface area contributed by atoms with Gasteiger partial charge < -0.3 is 0 Å². The minimum absolute atomic E-state index is 0.211. The molecule has 1 saturated heterocycles. The molecule has 3 aliphatic rings. The van der Waals surface area contributed by atoms with Crippen LogP contribution in [0.25, 0.3) is 0 Å². The van der Waals surface area contributed by atoms with E-state index in [2.05, 4.69) is 0 Å². The Morgan fingerprint density at radius 2 is 1.00 bits per heavy atom. The zero-order valence-electron chi connectivity index (χ0n) is 9.30. The molecule has 2 nitrogen and oxygen atoms in total. The van der Waals surface area contributed by atoms with Gasteiger partial charge in [0, 0.05) is 0 Å². The molecule has 0 amide bonds. The first-order chi connectivity index (χ1) is 7.08. The lowest BCUT2D eigenvalue weighted by molar-refractivity contribution is -0.00790. The second-order valence-electron chi connectivity index (χ2n) is 6.01. The lowest BCUT2D eigenvalue weighted by atomic mass is 9.52. The van der Waals surface area contributed by atoms with Crippen LogP contribution in [0.1, 0.15) is 51.4 Å². The van der Waals surface area contributed by atoms with Gasteiger partial charge in [-0.05, 0) is 36.5 Å². The first-order valence-electron chi connectivity index (χ1n) is 6.28. The summed E-state index contributed by atoms with van der Waals surface area (Å²) in [7, 11) is -2.73. The summed E-state index contributed by atoms with van der Waals surface area (Å²) < 4.78 is 23.9. The van der Waals surface area contributed by atoms with Crippen LogP contribution in [0.15, 0.2) is 0 Å². The van der Waals surface area contributed by atoms with Crippen LogP contribution in [0.3, 0.4) is 0 Å². The fourth-order valence-electron chi connectivity index (χ4n) is 4.65. The molecule has 3 heteroatoms. The van der Waals surface area contributed by atoms with E-state index in [1.54, 1.807) is 0 Å². The van der Waals surface area contributed by atoms with E-state index < -0.39 is 9.84 Å². The predicted octanol–water partition coefficient (Wildman–Crippen LogP) is 2.54. The van der Waals surface area contributed by atoms with Gasteiger partial charge in [0.1, 0.15) is 0 Å². The van der Waals surface area contributed by atoms with Gasteiger partial charge in [-0.2, -0.15) is 0 Å². The molecule has 0 aromatic heterocycles. The van der Waals surface area contributed by atoms with Gasteiger partial charge in [0.25, 0.3) is 0 Å². The second-order valence-corrected chi connectivity index (χ2v) is 8.07. The maximum atomic E-state index is 12.0. The highest BCUT2D eigenvalue weighted by Crippen LogP contribution is 2.63. The number of hydrogen-bond acceptors (Lipinski definition) is 2. The summed E-state index contributed by atoms with van der Waals surface area (Å²) in [5.41, 5.74) is 0.421. The van der Waals surface area contributed by atoms with Gasteiger partial charge in [-0.25, -0.2) is 8.42 Å². The SMILES string of the molecule is O=S1(=O)CC23CCCCC2(CCCC3)C1. The van der Waals surface area contributed by atoms with Crippen LogP contribution in [-0.4, -0.2) is 19.9 Å². The Morgan fingerprint density at radius 1 is 0.667 bits per heavy atom. The monoisotopic (exact) mass is 228 g/mol. The van der Waals surface area contributed by atoms with Crippen molar-refractivity contribution in [2.45, 2.75) is 51.4 Å². The molecule has 2 saturated carbocycles. The van der Waals surface area contributed by atoms with Gasteiger partial charge in [-0.3, -0.25) is 0 Å². The predicted molar refractivity (Wildman–Crippen MR) is 60.5 cm³/mol. The topological polar surface area (TPSA) is 34.1 Å². The zero-order chi connectivity index (χ0) is 10.6. The van der Waals surface area contributed by atoms with E-state index in [0.29, 0.717) is 11.5 Å². The van der Waals surface area contributed by atoms with Crippen molar-refractivity contribution in [2.75, 3.05) is 11.5 Å². The molecule has 0 radical (unpaired) electrons.